The summed E-state index contributed by atoms with van der Waals surface area (Å²) in [5, 5.41) is 0.672. The lowest BCUT2D eigenvalue weighted by atomic mass is 9.85. The second-order valence-electron chi connectivity index (χ2n) is 7.09. The minimum atomic E-state index is -1.20. The topological polar surface area (TPSA) is 93.2 Å². The van der Waals surface area contributed by atoms with Crippen molar-refractivity contribution >= 4 is 23.8 Å². The third-order valence-corrected chi connectivity index (χ3v) is 3.95. The maximum Gasteiger partial charge on any atom is 0.421 e. The van der Waals surface area contributed by atoms with Crippen molar-refractivity contribution in [3.63, 3.8) is 0 Å². The van der Waals surface area contributed by atoms with Gasteiger partial charge in [0, 0.05) is 23.9 Å². The van der Waals surface area contributed by atoms with Crippen molar-refractivity contribution < 1.29 is 28.8 Å². The summed E-state index contributed by atoms with van der Waals surface area (Å²) >= 11 is 0. The predicted molar refractivity (Wildman–Crippen MR) is 84.3 cm³/mol. The fourth-order valence-corrected chi connectivity index (χ4v) is 2.95. The van der Waals surface area contributed by atoms with E-state index in [1.54, 1.807) is 41.5 Å². The normalized spacial score (nSPS) is 19.6. The van der Waals surface area contributed by atoms with Crippen LogP contribution in [0.1, 0.15) is 48.0 Å². The number of carbonyl (C=O) groups is 4. The number of amides is 2. The van der Waals surface area contributed by atoms with Gasteiger partial charge in [-0.15, -0.1) is 0 Å². The van der Waals surface area contributed by atoms with Crippen molar-refractivity contribution in [3.05, 3.63) is 0 Å². The molecule has 8 heteroatoms. The van der Waals surface area contributed by atoms with Crippen LogP contribution >= 0.6 is 0 Å². The minimum absolute atomic E-state index is 0.00626. The van der Waals surface area contributed by atoms with Crippen LogP contribution in [0.2, 0.25) is 0 Å². The molecule has 1 atom stereocenters. The van der Waals surface area contributed by atoms with Crippen molar-refractivity contribution in [2.24, 2.45) is 5.41 Å². The Balaban J connectivity index is 3.01. The van der Waals surface area contributed by atoms with E-state index in [4.69, 9.17) is 9.57 Å². The first-order chi connectivity index (χ1) is 10.9. The van der Waals surface area contributed by atoms with E-state index >= 15 is 0 Å². The van der Waals surface area contributed by atoms with Gasteiger partial charge >= 0.3 is 17.8 Å². The Kier molecular flexibility index (Phi) is 5.97. The number of esters is 1. The highest BCUT2D eigenvalue weighted by atomic mass is 16.7. The predicted octanol–water partition coefficient (Wildman–Crippen LogP) is 0.890. The second-order valence-corrected chi connectivity index (χ2v) is 7.09. The molecule has 1 unspecified atom stereocenters. The third kappa shape index (κ3) is 3.85. The van der Waals surface area contributed by atoms with Crippen LogP contribution in [0.3, 0.4) is 0 Å². The molecule has 1 fully saturated rings. The monoisotopic (exact) mass is 342 g/mol. The number of nitrogens with zero attached hydrogens (tertiary/aromatic N) is 2. The number of rotatable bonds is 4. The smallest absolute Gasteiger partial charge is 0.421 e. The molecule has 2 amide bonds. The third-order valence-electron chi connectivity index (χ3n) is 3.95. The van der Waals surface area contributed by atoms with Crippen molar-refractivity contribution in [1.29, 1.82) is 0 Å². The molecule has 1 aliphatic rings. The molecule has 0 N–H and O–H groups in total. The lowest BCUT2D eigenvalue weighted by Gasteiger charge is -2.31. The molecule has 8 nitrogen and oxygen atoms in total. The lowest BCUT2D eigenvalue weighted by molar-refractivity contribution is -0.210. The van der Waals surface area contributed by atoms with Gasteiger partial charge in [-0.3, -0.25) is 9.59 Å². The highest BCUT2D eigenvalue weighted by Crippen LogP contribution is 2.37. The zero-order chi connectivity index (χ0) is 18.8. The molecule has 0 saturated carbocycles. The molecular weight excluding hydrogens is 316 g/mol. The van der Waals surface area contributed by atoms with Crippen LogP contribution in [0.25, 0.3) is 0 Å². The van der Waals surface area contributed by atoms with Crippen LogP contribution in [-0.2, 0) is 28.8 Å². The molecule has 0 aromatic heterocycles. The molecule has 0 aromatic rings. The van der Waals surface area contributed by atoms with Crippen LogP contribution in [-0.4, -0.2) is 59.0 Å². The van der Waals surface area contributed by atoms with E-state index in [0.29, 0.717) is 5.06 Å². The van der Waals surface area contributed by atoms with Crippen molar-refractivity contribution in [3.8, 4) is 0 Å². The van der Waals surface area contributed by atoms with Crippen molar-refractivity contribution in [1.82, 2.24) is 9.96 Å². The Morgan fingerprint density at radius 3 is 2.08 bits per heavy atom. The molecule has 1 rings (SSSR count). The molecule has 1 aliphatic heterocycles. The highest BCUT2D eigenvalue weighted by Gasteiger charge is 2.53. The first kappa shape index (κ1) is 19.9. The van der Waals surface area contributed by atoms with Gasteiger partial charge in [-0.1, -0.05) is 13.8 Å². The Morgan fingerprint density at radius 2 is 1.67 bits per heavy atom. The second kappa shape index (κ2) is 7.19. The van der Waals surface area contributed by atoms with E-state index in [-0.39, 0.29) is 18.5 Å². The number of methoxy groups -OCH3 is 1. The largest absolute Gasteiger partial charge is 0.467 e. The van der Waals surface area contributed by atoms with E-state index in [1.807, 2.05) is 0 Å². The Hall–Kier alpha value is -2.12. The summed E-state index contributed by atoms with van der Waals surface area (Å²) in [6.07, 6.45) is 0.00626. The number of hydroxylamine groups is 2. The SMILES string of the molecule is COC(=O)C1N(OC(=O)C(=O)N(C(C)C)C(C)C)C(=O)CC1(C)C. The van der Waals surface area contributed by atoms with Gasteiger partial charge in [0.1, 0.15) is 0 Å². The molecular formula is C16H26N2O6. The van der Waals surface area contributed by atoms with Crippen molar-refractivity contribution in [2.45, 2.75) is 66.1 Å². The average molecular weight is 342 g/mol. The summed E-state index contributed by atoms with van der Waals surface area (Å²) in [7, 11) is 1.19. The molecule has 1 heterocycles. The number of hydrogen-bond acceptors (Lipinski definition) is 6. The van der Waals surface area contributed by atoms with Crippen LogP contribution in [0.5, 0.6) is 0 Å². The Morgan fingerprint density at radius 1 is 1.17 bits per heavy atom. The summed E-state index contributed by atoms with van der Waals surface area (Å²) in [5.41, 5.74) is -0.775. The van der Waals surface area contributed by atoms with Gasteiger partial charge in [-0.25, -0.2) is 9.59 Å². The van der Waals surface area contributed by atoms with Crippen molar-refractivity contribution in [2.75, 3.05) is 7.11 Å². The molecule has 0 aliphatic carbocycles. The summed E-state index contributed by atoms with van der Waals surface area (Å²) in [5.74, 6) is -3.30. The summed E-state index contributed by atoms with van der Waals surface area (Å²) < 4.78 is 4.69. The zero-order valence-electron chi connectivity index (χ0n) is 15.3. The number of hydrogen-bond donors (Lipinski definition) is 0. The van der Waals surface area contributed by atoms with Gasteiger partial charge in [-0.05, 0) is 27.7 Å². The van der Waals surface area contributed by atoms with E-state index in [2.05, 4.69) is 0 Å². The molecule has 0 aromatic carbocycles. The zero-order valence-corrected chi connectivity index (χ0v) is 15.3. The van der Waals surface area contributed by atoms with Crippen LogP contribution in [0.4, 0.5) is 0 Å². The number of ether oxygens (including phenoxy) is 1. The lowest BCUT2D eigenvalue weighted by Crippen LogP contribution is -2.50. The van der Waals surface area contributed by atoms with Gasteiger partial charge < -0.3 is 14.5 Å². The molecule has 1 saturated heterocycles. The molecule has 136 valence electrons. The van der Waals surface area contributed by atoms with E-state index in [0.717, 1.165) is 0 Å². The van der Waals surface area contributed by atoms with Gasteiger partial charge in [-0.2, -0.15) is 5.06 Å². The number of carbonyl (C=O) groups excluding carboxylic acids is 4. The summed E-state index contributed by atoms with van der Waals surface area (Å²) in [4.78, 5) is 55.0. The van der Waals surface area contributed by atoms with E-state index in [9.17, 15) is 19.2 Å². The molecule has 24 heavy (non-hydrogen) atoms. The first-order valence-electron chi connectivity index (χ1n) is 7.88. The van der Waals surface area contributed by atoms with Gasteiger partial charge in [0.2, 0.25) is 0 Å². The maximum absolute atomic E-state index is 12.3. The minimum Gasteiger partial charge on any atom is -0.467 e. The quantitative estimate of drug-likeness (QED) is 0.556. The highest BCUT2D eigenvalue weighted by molar-refractivity contribution is 6.32. The average Bonchev–Trinajstić information content (AvgIpc) is 2.66. The van der Waals surface area contributed by atoms with Gasteiger partial charge in [0.25, 0.3) is 5.91 Å². The summed E-state index contributed by atoms with van der Waals surface area (Å²) in [6, 6.07) is -1.52. The van der Waals surface area contributed by atoms with Crippen LogP contribution in [0, 0.1) is 5.41 Å². The fraction of sp³-hybridized carbons (Fsp3) is 0.750. The molecule has 0 spiro atoms. The van der Waals surface area contributed by atoms with Gasteiger partial charge in [0.15, 0.2) is 6.04 Å². The first-order valence-corrected chi connectivity index (χ1v) is 7.88. The molecule has 0 bridgehead atoms. The Labute approximate surface area is 142 Å². The summed E-state index contributed by atoms with van der Waals surface area (Å²) in [6.45, 7) is 10.5. The van der Waals surface area contributed by atoms with E-state index < -0.39 is 35.2 Å². The Bertz CT molecular complexity index is 533. The van der Waals surface area contributed by atoms with E-state index in [1.165, 1.54) is 12.0 Å². The molecule has 0 radical (unpaired) electrons. The fourth-order valence-electron chi connectivity index (χ4n) is 2.95. The van der Waals surface area contributed by atoms with Gasteiger partial charge in [0.05, 0.1) is 7.11 Å². The standard InChI is InChI=1S/C16H26N2O6/c1-9(2)17(10(3)4)13(20)15(22)24-18-11(19)8-16(5,6)12(18)14(21)23-7/h9-10,12H,8H2,1-7H3. The van der Waals surface area contributed by atoms with Crippen LogP contribution < -0.4 is 0 Å². The van der Waals surface area contributed by atoms with Crippen LogP contribution in [0.15, 0.2) is 0 Å². The maximum atomic E-state index is 12.3.